The van der Waals surface area contributed by atoms with Gasteiger partial charge in [-0.05, 0) is 19.0 Å². The van der Waals surface area contributed by atoms with Crippen LogP contribution in [0.1, 0.15) is 18.9 Å². The largest absolute Gasteiger partial charge is 0.445 e. The molecule has 0 aliphatic carbocycles. The molecule has 0 radical (unpaired) electrons. The maximum Gasteiger partial charge on any atom is 0.407 e. The molecule has 5 heteroatoms. The highest BCUT2D eigenvalue weighted by molar-refractivity contribution is 5.67. The molecule has 106 valence electrons. The van der Waals surface area contributed by atoms with Gasteiger partial charge in [-0.1, -0.05) is 43.3 Å². The summed E-state index contributed by atoms with van der Waals surface area (Å²) in [7, 11) is 1.50. The van der Waals surface area contributed by atoms with Crippen LogP contribution in [0.2, 0.25) is 0 Å². The quantitative estimate of drug-likeness (QED) is 0.756. The maximum atomic E-state index is 11.3. The zero-order valence-corrected chi connectivity index (χ0v) is 11.6. The Labute approximate surface area is 114 Å². The molecule has 0 aromatic heterocycles. The fourth-order valence-electron chi connectivity index (χ4n) is 1.28. The molecule has 0 unspecified atom stereocenters. The van der Waals surface area contributed by atoms with E-state index in [-0.39, 0.29) is 6.61 Å². The number of allylic oxidation sites excluding steroid dienone is 1. The summed E-state index contributed by atoms with van der Waals surface area (Å²) in [5.74, 6) is 0. The van der Waals surface area contributed by atoms with E-state index >= 15 is 0 Å². The molecule has 0 aliphatic heterocycles. The second kappa shape index (κ2) is 11.1. The van der Waals surface area contributed by atoms with Gasteiger partial charge >= 0.3 is 6.09 Å². The van der Waals surface area contributed by atoms with Gasteiger partial charge in [0.05, 0.1) is 6.54 Å². The number of hydrogen-bond donors (Lipinski definition) is 3. The van der Waals surface area contributed by atoms with E-state index in [1.165, 1.54) is 7.05 Å². The Balaban J connectivity index is 0.00000154. The molecular formula is C14H23N3O2. The zero-order valence-electron chi connectivity index (χ0n) is 11.6. The van der Waals surface area contributed by atoms with Crippen LogP contribution in [-0.2, 0) is 11.3 Å². The van der Waals surface area contributed by atoms with E-state index < -0.39 is 6.09 Å². The lowest BCUT2D eigenvalue weighted by atomic mass is 10.2. The van der Waals surface area contributed by atoms with Gasteiger partial charge in [0.1, 0.15) is 6.61 Å². The average Bonchev–Trinajstić information content (AvgIpc) is 2.46. The number of hydrogen-bond acceptors (Lipinski definition) is 4. The molecule has 0 spiro atoms. The van der Waals surface area contributed by atoms with Crippen molar-refractivity contribution in [3.63, 3.8) is 0 Å². The minimum Gasteiger partial charge on any atom is -0.445 e. The highest BCUT2D eigenvalue weighted by atomic mass is 16.5. The Morgan fingerprint density at radius 3 is 2.53 bits per heavy atom. The molecule has 5 N–H and O–H groups in total. The molecule has 5 nitrogen and oxygen atoms in total. The number of amides is 1. The van der Waals surface area contributed by atoms with E-state index in [0.717, 1.165) is 12.0 Å². The number of rotatable bonds is 5. The van der Waals surface area contributed by atoms with E-state index in [4.69, 9.17) is 10.5 Å². The molecule has 0 saturated carbocycles. The van der Waals surface area contributed by atoms with E-state index in [0.29, 0.717) is 12.2 Å². The summed E-state index contributed by atoms with van der Waals surface area (Å²) < 4.78 is 5.02. The van der Waals surface area contributed by atoms with E-state index in [2.05, 4.69) is 11.1 Å². The van der Waals surface area contributed by atoms with Crippen molar-refractivity contribution < 1.29 is 9.53 Å². The van der Waals surface area contributed by atoms with Crippen molar-refractivity contribution in [3.8, 4) is 0 Å². The van der Waals surface area contributed by atoms with Crippen LogP contribution in [0.4, 0.5) is 4.79 Å². The monoisotopic (exact) mass is 265 g/mol. The average molecular weight is 265 g/mol. The predicted octanol–water partition coefficient (Wildman–Crippen LogP) is 1.74. The molecule has 0 atom stereocenters. The lowest BCUT2D eigenvalue weighted by Gasteiger charge is -2.07. The SMILES string of the molecule is CC/C=C(/N)CNC(=O)OCc1ccccc1.CN. The van der Waals surface area contributed by atoms with Gasteiger partial charge in [-0.25, -0.2) is 4.79 Å². The number of alkyl carbamates (subject to hydrolysis) is 1. The number of ether oxygens (including phenoxy) is 1. The number of carbonyl (C=O) groups excluding carboxylic acids is 1. The first kappa shape index (κ1) is 17.0. The summed E-state index contributed by atoms with van der Waals surface area (Å²) in [6.07, 6.45) is 2.26. The molecule has 1 rings (SSSR count). The van der Waals surface area contributed by atoms with Crippen LogP contribution in [-0.4, -0.2) is 19.7 Å². The van der Waals surface area contributed by atoms with Crippen molar-refractivity contribution in [1.29, 1.82) is 0 Å². The lowest BCUT2D eigenvalue weighted by Crippen LogP contribution is -2.28. The first-order valence-corrected chi connectivity index (χ1v) is 6.19. The molecule has 1 aromatic rings. The summed E-state index contributed by atoms with van der Waals surface area (Å²) in [6, 6.07) is 9.52. The van der Waals surface area contributed by atoms with E-state index in [1.807, 2.05) is 43.3 Å². The normalized spacial score (nSPS) is 10.2. The van der Waals surface area contributed by atoms with Gasteiger partial charge in [0.15, 0.2) is 0 Å². The van der Waals surface area contributed by atoms with Crippen LogP contribution in [0.5, 0.6) is 0 Å². The fourth-order valence-corrected chi connectivity index (χ4v) is 1.28. The summed E-state index contributed by atoms with van der Waals surface area (Å²) in [4.78, 5) is 11.3. The number of nitrogens with two attached hydrogens (primary N) is 2. The van der Waals surface area contributed by atoms with Gasteiger partial charge in [0.25, 0.3) is 0 Å². The van der Waals surface area contributed by atoms with Crippen molar-refractivity contribution in [2.24, 2.45) is 11.5 Å². The first-order chi connectivity index (χ1) is 9.22. The molecule has 0 fully saturated rings. The van der Waals surface area contributed by atoms with Gasteiger partial charge in [0.2, 0.25) is 0 Å². The zero-order chi connectivity index (χ0) is 14.5. The molecule has 1 aromatic carbocycles. The van der Waals surface area contributed by atoms with Gasteiger partial charge in [-0.15, -0.1) is 0 Å². The molecule has 0 bridgehead atoms. The second-order valence-corrected chi connectivity index (χ2v) is 3.60. The smallest absolute Gasteiger partial charge is 0.407 e. The standard InChI is InChI=1S/C13H18N2O2.CH5N/c1-2-6-12(14)9-15-13(16)17-10-11-7-4-3-5-8-11;1-2/h3-8H,2,9-10,14H2,1H3,(H,15,16);2H2,1H3/b12-6+;. The third kappa shape index (κ3) is 8.68. The number of carbonyl (C=O) groups is 1. The minimum absolute atomic E-state index is 0.268. The second-order valence-electron chi connectivity index (χ2n) is 3.60. The Bertz CT molecular complexity index is 378. The van der Waals surface area contributed by atoms with Crippen molar-refractivity contribution in [1.82, 2.24) is 5.32 Å². The van der Waals surface area contributed by atoms with E-state index in [1.54, 1.807) is 0 Å². The van der Waals surface area contributed by atoms with Gasteiger partial charge < -0.3 is 21.5 Å². The van der Waals surface area contributed by atoms with Crippen molar-refractivity contribution in [2.45, 2.75) is 20.0 Å². The summed E-state index contributed by atoms with van der Waals surface area (Å²) in [6.45, 7) is 2.58. The van der Waals surface area contributed by atoms with Gasteiger partial charge in [-0.2, -0.15) is 0 Å². The molecular weight excluding hydrogens is 242 g/mol. The minimum atomic E-state index is -0.457. The van der Waals surface area contributed by atoms with Gasteiger partial charge in [0, 0.05) is 5.70 Å². The third-order valence-corrected chi connectivity index (χ3v) is 2.12. The van der Waals surface area contributed by atoms with Crippen LogP contribution < -0.4 is 16.8 Å². The molecule has 0 saturated heterocycles. The summed E-state index contributed by atoms with van der Waals surface area (Å²) in [5, 5.41) is 2.58. The number of benzene rings is 1. The molecule has 0 aliphatic rings. The topological polar surface area (TPSA) is 90.4 Å². The number of nitrogens with one attached hydrogen (secondary N) is 1. The Hall–Kier alpha value is -2.01. The fraction of sp³-hybridized carbons (Fsp3) is 0.357. The van der Waals surface area contributed by atoms with Gasteiger partial charge in [-0.3, -0.25) is 0 Å². The molecule has 19 heavy (non-hydrogen) atoms. The molecule has 1 amide bonds. The van der Waals surface area contributed by atoms with E-state index in [9.17, 15) is 4.79 Å². The van der Waals surface area contributed by atoms with Crippen molar-refractivity contribution >= 4 is 6.09 Å². The predicted molar refractivity (Wildman–Crippen MR) is 77.3 cm³/mol. The van der Waals surface area contributed by atoms with Crippen LogP contribution in [0.15, 0.2) is 42.1 Å². The lowest BCUT2D eigenvalue weighted by molar-refractivity contribution is 0.140. The summed E-state index contributed by atoms with van der Waals surface area (Å²) >= 11 is 0. The maximum absolute atomic E-state index is 11.3. The highest BCUT2D eigenvalue weighted by Crippen LogP contribution is 2.00. The van der Waals surface area contributed by atoms with Crippen LogP contribution in [0.3, 0.4) is 0 Å². The van der Waals surface area contributed by atoms with Crippen molar-refractivity contribution in [2.75, 3.05) is 13.6 Å². The van der Waals surface area contributed by atoms with Crippen LogP contribution in [0.25, 0.3) is 0 Å². The third-order valence-electron chi connectivity index (χ3n) is 2.12. The Morgan fingerprint density at radius 2 is 1.95 bits per heavy atom. The Kier molecular flexibility index (Phi) is 9.93. The Morgan fingerprint density at radius 1 is 1.32 bits per heavy atom. The van der Waals surface area contributed by atoms with Crippen LogP contribution >= 0.6 is 0 Å². The summed E-state index contributed by atoms with van der Waals surface area (Å²) in [5.41, 5.74) is 11.7. The molecule has 0 heterocycles. The first-order valence-electron chi connectivity index (χ1n) is 6.19. The highest BCUT2D eigenvalue weighted by Gasteiger charge is 2.01. The van der Waals surface area contributed by atoms with Crippen molar-refractivity contribution in [3.05, 3.63) is 47.7 Å². The van der Waals surface area contributed by atoms with Crippen LogP contribution in [0, 0.1) is 0 Å².